The van der Waals surface area contributed by atoms with E-state index in [0.29, 0.717) is 17.5 Å². The number of fused-ring (bicyclic) bond motifs is 1. The smallest absolute Gasteiger partial charge is 0.252 e. The number of rotatable bonds is 7. The molecule has 0 aliphatic carbocycles. The van der Waals surface area contributed by atoms with Gasteiger partial charge in [0.2, 0.25) is 5.91 Å². The summed E-state index contributed by atoms with van der Waals surface area (Å²) in [5.74, 6) is 1.36. The van der Waals surface area contributed by atoms with Crippen molar-refractivity contribution in [3.63, 3.8) is 0 Å². The molecule has 0 aliphatic heterocycles. The van der Waals surface area contributed by atoms with Crippen molar-refractivity contribution in [2.45, 2.75) is 39.2 Å². The second-order valence-corrected chi connectivity index (χ2v) is 6.69. The summed E-state index contributed by atoms with van der Waals surface area (Å²) in [6, 6.07) is 5.94. The van der Waals surface area contributed by atoms with Crippen LogP contribution in [0, 0.1) is 5.92 Å². The minimum atomic E-state index is -0.0591. The van der Waals surface area contributed by atoms with Crippen LogP contribution >= 0.6 is 11.3 Å². The molecule has 0 saturated carbocycles. The van der Waals surface area contributed by atoms with Gasteiger partial charge in [0.05, 0.1) is 12.5 Å². The first kappa shape index (κ1) is 16.6. The van der Waals surface area contributed by atoms with E-state index in [1.54, 1.807) is 34.3 Å². The van der Waals surface area contributed by atoms with Crippen LogP contribution in [-0.2, 0) is 11.2 Å². The third-order valence-corrected chi connectivity index (χ3v) is 5.12. The third kappa shape index (κ3) is 3.62. The van der Waals surface area contributed by atoms with Crippen LogP contribution in [0.1, 0.15) is 43.4 Å². The van der Waals surface area contributed by atoms with E-state index in [-0.39, 0.29) is 18.4 Å². The third-order valence-electron chi connectivity index (χ3n) is 4.17. The molecule has 0 bridgehead atoms. The summed E-state index contributed by atoms with van der Waals surface area (Å²) in [7, 11) is 0. The van der Waals surface area contributed by atoms with E-state index < -0.39 is 0 Å². The molecule has 0 radical (unpaired) electrons. The molecule has 1 amide bonds. The Morgan fingerprint density at radius 3 is 2.83 bits per heavy atom. The Hall–Kier alpha value is -2.28. The lowest BCUT2D eigenvalue weighted by Gasteiger charge is -2.25. The van der Waals surface area contributed by atoms with Crippen LogP contribution in [0.5, 0.6) is 0 Å². The van der Waals surface area contributed by atoms with Crippen LogP contribution in [0.25, 0.3) is 5.78 Å². The van der Waals surface area contributed by atoms with E-state index in [9.17, 15) is 4.79 Å². The van der Waals surface area contributed by atoms with Crippen molar-refractivity contribution in [1.29, 1.82) is 0 Å². The topological polar surface area (TPSA) is 72.2 Å². The van der Waals surface area contributed by atoms with Gasteiger partial charge < -0.3 is 5.32 Å². The molecule has 3 heterocycles. The second-order valence-electron chi connectivity index (χ2n) is 5.71. The Labute approximate surface area is 145 Å². The van der Waals surface area contributed by atoms with Gasteiger partial charge in [0.1, 0.15) is 0 Å². The summed E-state index contributed by atoms with van der Waals surface area (Å²) in [4.78, 5) is 22.1. The van der Waals surface area contributed by atoms with Crippen LogP contribution in [0.4, 0.5) is 0 Å². The molecule has 0 aromatic carbocycles. The number of thiophene rings is 1. The van der Waals surface area contributed by atoms with Crippen molar-refractivity contribution in [2.24, 2.45) is 5.92 Å². The summed E-state index contributed by atoms with van der Waals surface area (Å²) in [5.41, 5.74) is 0. The molecule has 3 rings (SSSR count). The van der Waals surface area contributed by atoms with Crippen molar-refractivity contribution >= 4 is 23.0 Å². The minimum Gasteiger partial charge on any atom is -0.348 e. The summed E-state index contributed by atoms with van der Waals surface area (Å²) < 4.78 is 1.58. The van der Waals surface area contributed by atoms with Gasteiger partial charge in [-0.25, -0.2) is 9.50 Å². The summed E-state index contributed by atoms with van der Waals surface area (Å²) in [5, 5.41) is 9.52. The fourth-order valence-electron chi connectivity index (χ4n) is 2.87. The summed E-state index contributed by atoms with van der Waals surface area (Å²) >= 11 is 1.68. The normalized spacial score (nSPS) is 12.6. The van der Waals surface area contributed by atoms with Gasteiger partial charge in [-0.2, -0.15) is 4.98 Å². The Morgan fingerprint density at radius 2 is 2.17 bits per heavy atom. The largest absolute Gasteiger partial charge is 0.348 e. The Morgan fingerprint density at radius 1 is 1.33 bits per heavy atom. The van der Waals surface area contributed by atoms with Crippen molar-refractivity contribution in [3.8, 4) is 0 Å². The lowest BCUT2D eigenvalue weighted by molar-refractivity contribution is -0.121. The standard InChI is InChI=1S/C17H21N5OS/c1-3-12(4-2)16(13-7-5-10-24-13)20-15(23)11-14-19-17-18-8-6-9-22(17)21-14/h5-10,12,16H,3-4,11H2,1-2H3,(H,20,23). The van der Waals surface area contributed by atoms with E-state index in [4.69, 9.17) is 0 Å². The van der Waals surface area contributed by atoms with Crippen molar-refractivity contribution in [2.75, 3.05) is 0 Å². The zero-order valence-corrected chi connectivity index (χ0v) is 14.7. The van der Waals surface area contributed by atoms with Crippen molar-refractivity contribution in [1.82, 2.24) is 24.9 Å². The number of hydrogen-bond acceptors (Lipinski definition) is 5. The fraction of sp³-hybridized carbons (Fsp3) is 0.412. The van der Waals surface area contributed by atoms with Gasteiger partial charge in [-0.05, 0) is 23.4 Å². The van der Waals surface area contributed by atoms with Gasteiger partial charge in [-0.1, -0.05) is 32.8 Å². The molecule has 3 aromatic rings. The molecule has 3 aromatic heterocycles. The highest BCUT2D eigenvalue weighted by molar-refractivity contribution is 7.10. The maximum Gasteiger partial charge on any atom is 0.252 e. The van der Waals surface area contributed by atoms with Crippen molar-refractivity contribution in [3.05, 3.63) is 46.7 Å². The van der Waals surface area contributed by atoms with Crippen LogP contribution in [0.3, 0.4) is 0 Å². The number of hydrogen-bond donors (Lipinski definition) is 1. The molecule has 0 spiro atoms. The predicted molar refractivity (Wildman–Crippen MR) is 93.8 cm³/mol. The quantitative estimate of drug-likeness (QED) is 0.716. The molecule has 0 aliphatic rings. The van der Waals surface area contributed by atoms with Gasteiger partial charge in [0.25, 0.3) is 5.78 Å². The van der Waals surface area contributed by atoms with Gasteiger partial charge >= 0.3 is 0 Å². The van der Waals surface area contributed by atoms with Gasteiger partial charge in [0.15, 0.2) is 5.82 Å². The van der Waals surface area contributed by atoms with E-state index >= 15 is 0 Å². The first-order chi connectivity index (χ1) is 11.7. The molecule has 0 fully saturated rings. The maximum absolute atomic E-state index is 12.5. The molecular weight excluding hydrogens is 322 g/mol. The Bertz CT molecular complexity index is 761. The highest BCUT2D eigenvalue weighted by Crippen LogP contribution is 2.30. The predicted octanol–water partition coefficient (Wildman–Crippen LogP) is 3.02. The number of nitrogens with one attached hydrogen (secondary N) is 1. The average Bonchev–Trinajstić information content (AvgIpc) is 3.24. The van der Waals surface area contributed by atoms with Crippen molar-refractivity contribution < 1.29 is 4.79 Å². The summed E-state index contributed by atoms with van der Waals surface area (Å²) in [6.07, 6.45) is 5.64. The highest BCUT2D eigenvalue weighted by atomic mass is 32.1. The lowest BCUT2D eigenvalue weighted by atomic mass is 9.93. The molecule has 7 heteroatoms. The van der Waals surface area contributed by atoms with Crippen LogP contribution < -0.4 is 5.32 Å². The number of nitrogens with zero attached hydrogens (tertiary/aromatic N) is 4. The fourth-order valence-corrected chi connectivity index (χ4v) is 3.74. The monoisotopic (exact) mass is 343 g/mol. The Kier molecular flexibility index (Phi) is 5.20. The van der Waals surface area contributed by atoms with E-state index in [0.717, 1.165) is 12.8 Å². The number of aromatic nitrogens is 4. The van der Waals surface area contributed by atoms with Gasteiger partial charge in [0, 0.05) is 17.3 Å². The number of carbonyl (C=O) groups is 1. The molecule has 1 N–H and O–H groups in total. The average molecular weight is 343 g/mol. The molecule has 0 saturated heterocycles. The minimum absolute atomic E-state index is 0.0441. The highest BCUT2D eigenvalue weighted by Gasteiger charge is 2.24. The van der Waals surface area contributed by atoms with E-state index in [1.807, 2.05) is 11.4 Å². The molecule has 1 unspecified atom stereocenters. The molecule has 126 valence electrons. The summed E-state index contributed by atoms with van der Waals surface area (Å²) in [6.45, 7) is 4.33. The number of amides is 1. The lowest BCUT2D eigenvalue weighted by Crippen LogP contribution is -2.34. The van der Waals surface area contributed by atoms with E-state index in [2.05, 4.69) is 40.3 Å². The van der Waals surface area contributed by atoms with Crippen LogP contribution in [0.2, 0.25) is 0 Å². The van der Waals surface area contributed by atoms with Gasteiger partial charge in [-0.15, -0.1) is 16.4 Å². The number of carbonyl (C=O) groups excluding carboxylic acids is 1. The van der Waals surface area contributed by atoms with Crippen LogP contribution in [0.15, 0.2) is 36.0 Å². The zero-order chi connectivity index (χ0) is 16.9. The molecule has 1 atom stereocenters. The van der Waals surface area contributed by atoms with E-state index in [1.165, 1.54) is 4.88 Å². The molecular formula is C17H21N5OS. The second kappa shape index (κ2) is 7.53. The van der Waals surface area contributed by atoms with Gasteiger partial charge in [-0.3, -0.25) is 4.79 Å². The first-order valence-electron chi connectivity index (χ1n) is 8.20. The SMILES string of the molecule is CCC(CC)C(NC(=O)Cc1nc2ncccn2n1)c1cccs1. The Balaban J connectivity index is 1.73. The van der Waals surface area contributed by atoms with Crippen LogP contribution in [-0.4, -0.2) is 25.5 Å². The maximum atomic E-state index is 12.5. The zero-order valence-electron chi connectivity index (χ0n) is 13.8. The first-order valence-corrected chi connectivity index (χ1v) is 9.08. The molecule has 6 nitrogen and oxygen atoms in total. The molecule has 24 heavy (non-hydrogen) atoms.